The van der Waals surface area contributed by atoms with Crippen molar-refractivity contribution in [2.75, 3.05) is 39.4 Å². The molecular formula is C21H32IN5O. The number of morpholine rings is 1. The third kappa shape index (κ3) is 7.81. The summed E-state index contributed by atoms with van der Waals surface area (Å²) >= 11 is 0. The van der Waals surface area contributed by atoms with E-state index in [0.717, 1.165) is 58.4 Å². The first-order chi connectivity index (χ1) is 13.3. The van der Waals surface area contributed by atoms with Gasteiger partial charge in [0.1, 0.15) is 0 Å². The molecule has 2 aromatic rings. The molecule has 0 saturated carbocycles. The summed E-state index contributed by atoms with van der Waals surface area (Å²) in [6, 6.07) is 12.9. The van der Waals surface area contributed by atoms with Crippen LogP contribution in [-0.2, 0) is 24.4 Å². The van der Waals surface area contributed by atoms with Crippen LogP contribution in [0.15, 0.2) is 53.8 Å². The van der Waals surface area contributed by atoms with Gasteiger partial charge in [0.05, 0.1) is 19.8 Å². The molecule has 1 saturated heterocycles. The molecule has 1 aliphatic rings. The van der Waals surface area contributed by atoms with Crippen LogP contribution < -0.4 is 10.6 Å². The van der Waals surface area contributed by atoms with Crippen molar-refractivity contribution in [1.82, 2.24) is 20.1 Å². The largest absolute Gasteiger partial charge is 0.379 e. The summed E-state index contributed by atoms with van der Waals surface area (Å²) in [5.74, 6) is 0.863. The Labute approximate surface area is 185 Å². The first-order valence-electron chi connectivity index (χ1n) is 9.84. The lowest BCUT2D eigenvalue weighted by Crippen LogP contribution is -2.38. The predicted molar refractivity (Wildman–Crippen MR) is 125 cm³/mol. The summed E-state index contributed by atoms with van der Waals surface area (Å²) in [6.45, 7) is 10.1. The first kappa shape index (κ1) is 22.7. The minimum absolute atomic E-state index is 0. The van der Waals surface area contributed by atoms with Crippen molar-refractivity contribution in [1.29, 1.82) is 0 Å². The van der Waals surface area contributed by atoms with E-state index in [4.69, 9.17) is 9.73 Å². The Morgan fingerprint density at radius 2 is 1.71 bits per heavy atom. The molecule has 1 aliphatic heterocycles. The van der Waals surface area contributed by atoms with Gasteiger partial charge in [-0.1, -0.05) is 24.3 Å². The molecule has 28 heavy (non-hydrogen) atoms. The van der Waals surface area contributed by atoms with E-state index in [0.29, 0.717) is 6.54 Å². The molecule has 154 valence electrons. The molecular weight excluding hydrogens is 465 g/mol. The topological polar surface area (TPSA) is 53.8 Å². The normalized spacial score (nSPS) is 15.1. The first-order valence-corrected chi connectivity index (χ1v) is 9.84. The number of nitrogens with zero attached hydrogens (tertiary/aromatic N) is 3. The maximum atomic E-state index is 5.41. The highest BCUT2D eigenvalue weighted by atomic mass is 127. The van der Waals surface area contributed by atoms with E-state index in [-0.39, 0.29) is 24.0 Å². The van der Waals surface area contributed by atoms with Gasteiger partial charge in [-0.15, -0.1) is 24.0 Å². The average molecular weight is 497 g/mol. The van der Waals surface area contributed by atoms with Gasteiger partial charge in [0.25, 0.3) is 0 Å². The van der Waals surface area contributed by atoms with E-state index in [9.17, 15) is 0 Å². The summed E-state index contributed by atoms with van der Waals surface area (Å²) < 4.78 is 7.57. The molecule has 2 N–H and O–H groups in total. The molecule has 0 amide bonds. The number of guanidine groups is 1. The Bertz CT molecular complexity index is 681. The van der Waals surface area contributed by atoms with E-state index < -0.39 is 0 Å². The number of hydrogen-bond donors (Lipinski definition) is 2. The fourth-order valence-corrected chi connectivity index (χ4v) is 3.10. The molecule has 1 aromatic carbocycles. The van der Waals surface area contributed by atoms with Gasteiger partial charge in [-0.05, 0) is 30.2 Å². The minimum Gasteiger partial charge on any atom is -0.379 e. The van der Waals surface area contributed by atoms with Crippen LogP contribution in [0.3, 0.4) is 0 Å². The monoisotopic (exact) mass is 497 g/mol. The van der Waals surface area contributed by atoms with Crippen molar-refractivity contribution in [3.05, 3.63) is 59.9 Å². The van der Waals surface area contributed by atoms with Gasteiger partial charge in [-0.3, -0.25) is 4.90 Å². The number of hydrogen-bond acceptors (Lipinski definition) is 3. The molecule has 7 heteroatoms. The average Bonchev–Trinajstić information content (AvgIpc) is 3.21. The van der Waals surface area contributed by atoms with Crippen LogP contribution in [0.2, 0.25) is 0 Å². The molecule has 0 spiro atoms. The number of ether oxygens (including phenoxy) is 1. The fourth-order valence-electron chi connectivity index (χ4n) is 3.10. The third-order valence-corrected chi connectivity index (χ3v) is 4.63. The molecule has 0 aliphatic carbocycles. The second-order valence-electron chi connectivity index (χ2n) is 6.75. The second kappa shape index (κ2) is 12.8. The van der Waals surface area contributed by atoms with E-state index in [1.54, 1.807) is 0 Å². The summed E-state index contributed by atoms with van der Waals surface area (Å²) in [4.78, 5) is 7.15. The summed E-state index contributed by atoms with van der Waals surface area (Å²) in [6.07, 6.45) is 4.15. The van der Waals surface area contributed by atoms with E-state index >= 15 is 0 Å². The van der Waals surface area contributed by atoms with Gasteiger partial charge >= 0.3 is 0 Å². The zero-order valence-corrected chi connectivity index (χ0v) is 19.0. The van der Waals surface area contributed by atoms with Gasteiger partial charge in [0, 0.05) is 51.7 Å². The van der Waals surface area contributed by atoms with Gasteiger partial charge in [0.2, 0.25) is 0 Å². The Morgan fingerprint density at radius 1 is 1.04 bits per heavy atom. The summed E-state index contributed by atoms with van der Waals surface area (Å²) in [5.41, 5.74) is 2.57. The quantitative estimate of drug-likeness (QED) is 0.335. The van der Waals surface area contributed by atoms with E-state index in [1.807, 2.05) is 12.1 Å². The molecule has 1 fully saturated rings. The predicted octanol–water partition coefficient (Wildman–Crippen LogP) is 2.69. The molecule has 0 bridgehead atoms. The van der Waals surface area contributed by atoms with Crippen molar-refractivity contribution >= 4 is 29.9 Å². The second-order valence-corrected chi connectivity index (χ2v) is 6.75. The van der Waals surface area contributed by atoms with E-state index in [2.05, 4.69) is 63.7 Å². The molecule has 2 heterocycles. The van der Waals surface area contributed by atoms with Crippen molar-refractivity contribution in [2.45, 2.75) is 26.6 Å². The highest BCUT2D eigenvalue weighted by Crippen LogP contribution is 2.10. The summed E-state index contributed by atoms with van der Waals surface area (Å²) in [7, 11) is 0. The number of aliphatic imine (C=N–C) groups is 1. The van der Waals surface area contributed by atoms with Crippen LogP contribution >= 0.6 is 24.0 Å². The number of aromatic nitrogens is 1. The van der Waals surface area contributed by atoms with Gasteiger partial charge in [-0.25, -0.2) is 4.99 Å². The number of nitrogens with one attached hydrogen (secondary N) is 2. The minimum atomic E-state index is 0. The van der Waals surface area contributed by atoms with E-state index in [1.165, 1.54) is 11.1 Å². The Kier molecular flexibility index (Phi) is 10.4. The molecule has 1 aromatic heterocycles. The molecule has 0 atom stereocenters. The molecule has 3 rings (SSSR count). The fraction of sp³-hybridized carbons (Fsp3) is 0.476. The molecule has 6 nitrogen and oxygen atoms in total. The number of halogens is 1. The third-order valence-electron chi connectivity index (χ3n) is 4.63. The van der Waals surface area contributed by atoms with Crippen LogP contribution in [0.4, 0.5) is 0 Å². The summed E-state index contributed by atoms with van der Waals surface area (Å²) in [5, 5.41) is 6.70. The Balaban J connectivity index is 0.00000280. The maximum absolute atomic E-state index is 5.41. The SMILES string of the molecule is CCNC(=NCc1ccc(CN2CCOCC2)cc1)NCCn1cccc1.I. The van der Waals surface area contributed by atoms with Crippen LogP contribution in [-0.4, -0.2) is 54.8 Å². The van der Waals surface area contributed by atoms with Crippen LogP contribution in [0.25, 0.3) is 0 Å². The molecule has 0 radical (unpaired) electrons. The van der Waals surface area contributed by atoms with Crippen molar-refractivity contribution in [3.8, 4) is 0 Å². The van der Waals surface area contributed by atoms with Gasteiger partial charge < -0.3 is 19.9 Å². The van der Waals surface area contributed by atoms with Crippen molar-refractivity contribution < 1.29 is 4.74 Å². The lowest BCUT2D eigenvalue weighted by atomic mass is 10.1. The highest BCUT2D eigenvalue weighted by Gasteiger charge is 2.10. The van der Waals surface area contributed by atoms with Crippen LogP contribution in [0, 0.1) is 0 Å². The van der Waals surface area contributed by atoms with Gasteiger partial charge in [0.15, 0.2) is 5.96 Å². The smallest absolute Gasteiger partial charge is 0.191 e. The van der Waals surface area contributed by atoms with Crippen molar-refractivity contribution in [3.63, 3.8) is 0 Å². The number of benzene rings is 1. The van der Waals surface area contributed by atoms with Crippen molar-refractivity contribution in [2.24, 2.45) is 4.99 Å². The molecule has 0 unspecified atom stereocenters. The lowest BCUT2D eigenvalue weighted by molar-refractivity contribution is 0.0342. The lowest BCUT2D eigenvalue weighted by Gasteiger charge is -2.26. The van der Waals surface area contributed by atoms with Gasteiger partial charge in [-0.2, -0.15) is 0 Å². The maximum Gasteiger partial charge on any atom is 0.191 e. The standard InChI is InChI=1S/C21H31N5O.HI/c1-2-22-21(23-9-12-25-10-3-4-11-25)24-17-19-5-7-20(8-6-19)18-26-13-15-27-16-14-26;/h3-8,10-11H,2,9,12-18H2,1H3,(H2,22,23,24);1H. The zero-order chi connectivity index (χ0) is 18.7. The number of rotatable bonds is 8. The van der Waals surface area contributed by atoms with Crippen LogP contribution in [0.5, 0.6) is 0 Å². The highest BCUT2D eigenvalue weighted by molar-refractivity contribution is 14.0. The Morgan fingerprint density at radius 3 is 2.39 bits per heavy atom. The van der Waals surface area contributed by atoms with Crippen LogP contribution in [0.1, 0.15) is 18.1 Å². The zero-order valence-electron chi connectivity index (χ0n) is 16.6. The Hall–Kier alpha value is -1.58.